The van der Waals surface area contributed by atoms with E-state index in [-0.39, 0.29) is 11.7 Å². The average Bonchev–Trinajstić information content (AvgIpc) is 2.90. The van der Waals surface area contributed by atoms with Crippen molar-refractivity contribution >= 4 is 12.3 Å². The monoisotopic (exact) mass is 524 g/mol. The van der Waals surface area contributed by atoms with Crippen molar-refractivity contribution in [2.24, 2.45) is 5.92 Å². The number of nitrogens with zero attached hydrogens (tertiary/aromatic N) is 1. The van der Waals surface area contributed by atoms with Gasteiger partial charge in [0.15, 0.2) is 0 Å². The van der Waals surface area contributed by atoms with Crippen LogP contribution >= 0.6 is 0 Å². The zero-order chi connectivity index (χ0) is 28.1. The smallest absolute Gasteiger partial charge is 0.217 e. The number of halogens is 1. The maximum atomic E-state index is 13.6. The van der Waals surface area contributed by atoms with Crippen LogP contribution in [0.5, 0.6) is 0 Å². The van der Waals surface area contributed by atoms with E-state index >= 15 is 0 Å². The lowest BCUT2D eigenvalue weighted by molar-refractivity contribution is -0.120. The molecule has 1 aliphatic rings. The second-order valence-electron chi connectivity index (χ2n) is 11.2. The van der Waals surface area contributed by atoms with E-state index < -0.39 is 0 Å². The Labute approximate surface area is 230 Å². The van der Waals surface area contributed by atoms with Crippen molar-refractivity contribution in [2.75, 3.05) is 13.1 Å². The molecule has 38 heavy (non-hydrogen) atoms. The molecule has 1 unspecified atom stereocenters. The van der Waals surface area contributed by atoms with E-state index in [9.17, 15) is 14.0 Å². The summed E-state index contributed by atoms with van der Waals surface area (Å²) in [5.74, 6) is 1.52. The number of hydrogen-bond acceptors (Lipinski definition) is 2. The van der Waals surface area contributed by atoms with Gasteiger partial charge in [-0.3, -0.25) is 9.59 Å². The lowest BCUT2D eigenvalue weighted by Crippen LogP contribution is -2.32. The molecule has 1 fully saturated rings. The van der Waals surface area contributed by atoms with Crippen LogP contribution in [0.4, 0.5) is 4.39 Å². The predicted molar refractivity (Wildman–Crippen MR) is 156 cm³/mol. The second-order valence-corrected chi connectivity index (χ2v) is 11.2. The van der Waals surface area contributed by atoms with E-state index in [0.29, 0.717) is 24.3 Å². The molecule has 0 saturated carbocycles. The molecule has 0 aromatic heterocycles. The van der Waals surface area contributed by atoms with Crippen LogP contribution in [-0.4, -0.2) is 30.3 Å². The molecule has 1 atom stereocenters. The third-order valence-electron chi connectivity index (χ3n) is 7.59. The van der Waals surface area contributed by atoms with Crippen molar-refractivity contribution in [1.29, 1.82) is 0 Å². The maximum Gasteiger partial charge on any atom is 0.217 e. The first-order valence-corrected chi connectivity index (χ1v) is 14.5. The highest BCUT2D eigenvalue weighted by atomic mass is 19.1. The fraction of sp³-hybridized carbons (Fsp3) is 0.576. The molecule has 5 heteroatoms. The largest absolute Gasteiger partial charge is 0.352 e. The van der Waals surface area contributed by atoms with Gasteiger partial charge in [-0.1, -0.05) is 64.4 Å². The zero-order valence-corrected chi connectivity index (χ0v) is 24.5. The molecule has 0 bridgehead atoms. The van der Waals surface area contributed by atoms with Crippen LogP contribution in [0.3, 0.4) is 0 Å². The summed E-state index contributed by atoms with van der Waals surface area (Å²) in [4.78, 5) is 24.1. The SMILES string of the molecule is CC(=O)NCc1cc(CCC(C)C)ccc1C1CCN(C=O)CC1.CCCC(CC)c1ccc(C)cc1F. The fourth-order valence-electron chi connectivity index (χ4n) is 5.25. The molecule has 2 aromatic carbocycles. The van der Waals surface area contributed by atoms with Crippen LogP contribution in [0.15, 0.2) is 36.4 Å². The summed E-state index contributed by atoms with van der Waals surface area (Å²) >= 11 is 0. The van der Waals surface area contributed by atoms with Crippen molar-refractivity contribution in [1.82, 2.24) is 10.2 Å². The number of hydrogen-bond donors (Lipinski definition) is 1. The molecule has 0 spiro atoms. The lowest BCUT2D eigenvalue weighted by atomic mass is 9.85. The van der Waals surface area contributed by atoms with Crippen molar-refractivity contribution < 1.29 is 14.0 Å². The Morgan fingerprint density at radius 3 is 2.37 bits per heavy atom. The topological polar surface area (TPSA) is 49.4 Å². The summed E-state index contributed by atoms with van der Waals surface area (Å²) in [6, 6.07) is 12.3. The average molecular weight is 525 g/mol. The number of benzene rings is 2. The van der Waals surface area contributed by atoms with Gasteiger partial charge in [-0.2, -0.15) is 0 Å². The van der Waals surface area contributed by atoms with Crippen LogP contribution in [0.2, 0.25) is 0 Å². The Morgan fingerprint density at radius 1 is 1.11 bits per heavy atom. The normalized spacial score (nSPS) is 14.6. The first-order chi connectivity index (χ1) is 18.2. The van der Waals surface area contributed by atoms with Crippen molar-refractivity contribution in [2.45, 2.75) is 105 Å². The molecule has 4 nitrogen and oxygen atoms in total. The van der Waals surface area contributed by atoms with Gasteiger partial charge < -0.3 is 10.2 Å². The Bertz CT molecular complexity index is 1010. The van der Waals surface area contributed by atoms with Gasteiger partial charge in [0.2, 0.25) is 12.3 Å². The molecule has 1 saturated heterocycles. The summed E-state index contributed by atoms with van der Waals surface area (Å²) in [6.45, 7) is 14.5. The van der Waals surface area contributed by atoms with Crippen LogP contribution in [-0.2, 0) is 22.6 Å². The number of carbonyl (C=O) groups excluding carboxylic acids is 2. The highest BCUT2D eigenvalue weighted by Crippen LogP contribution is 2.31. The van der Waals surface area contributed by atoms with E-state index in [1.165, 1.54) is 23.1 Å². The van der Waals surface area contributed by atoms with Crippen LogP contribution in [0.1, 0.15) is 113 Å². The van der Waals surface area contributed by atoms with Crippen molar-refractivity contribution in [3.8, 4) is 0 Å². The van der Waals surface area contributed by atoms with Gasteiger partial charge in [-0.15, -0.1) is 0 Å². The van der Waals surface area contributed by atoms with E-state index in [0.717, 1.165) is 69.2 Å². The van der Waals surface area contributed by atoms with Gasteiger partial charge in [0.25, 0.3) is 0 Å². The number of rotatable bonds is 11. The Hall–Kier alpha value is -2.69. The Morgan fingerprint density at radius 2 is 1.82 bits per heavy atom. The van der Waals surface area contributed by atoms with Crippen molar-refractivity contribution in [3.05, 3.63) is 70.0 Å². The lowest BCUT2D eigenvalue weighted by Gasteiger charge is -2.31. The van der Waals surface area contributed by atoms with Gasteiger partial charge in [0.05, 0.1) is 0 Å². The summed E-state index contributed by atoms with van der Waals surface area (Å²) in [5, 5.41) is 2.95. The summed E-state index contributed by atoms with van der Waals surface area (Å²) in [7, 11) is 0. The summed E-state index contributed by atoms with van der Waals surface area (Å²) in [5.41, 5.74) is 5.80. The molecule has 2 amide bonds. The van der Waals surface area contributed by atoms with E-state index in [1.807, 2.05) is 24.0 Å². The summed E-state index contributed by atoms with van der Waals surface area (Å²) in [6.07, 6.45) is 8.42. The predicted octanol–water partition coefficient (Wildman–Crippen LogP) is 7.67. The summed E-state index contributed by atoms with van der Waals surface area (Å²) < 4.78 is 13.6. The van der Waals surface area contributed by atoms with Gasteiger partial charge in [-0.25, -0.2) is 4.39 Å². The van der Waals surface area contributed by atoms with Crippen LogP contribution in [0.25, 0.3) is 0 Å². The number of amides is 2. The highest BCUT2D eigenvalue weighted by Gasteiger charge is 2.22. The molecular formula is C33H49FN2O2. The fourth-order valence-corrected chi connectivity index (χ4v) is 5.25. The molecule has 0 aliphatic carbocycles. The quantitative estimate of drug-likeness (QED) is 0.307. The van der Waals surface area contributed by atoms with Gasteiger partial charge >= 0.3 is 0 Å². The third-order valence-corrected chi connectivity index (χ3v) is 7.59. The van der Waals surface area contributed by atoms with E-state index in [1.54, 1.807) is 13.0 Å². The molecule has 1 heterocycles. The molecule has 3 rings (SSSR count). The minimum atomic E-state index is -0.0368. The highest BCUT2D eigenvalue weighted by molar-refractivity contribution is 5.72. The number of piperidine rings is 1. The number of likely N-dealkylation sites (tertiary alicyclic amines) is 1. The zero-order valence-electron chi connectivity index (χ0n) is 24.5. The Balaban J connectivity index is 0.000000308. The third kappa shape index (κ3) is 10.2. The van der Waals surface area contributed by atoms with Gasteiger partial charge in [0, 0.05) is 26.6 Å². The molecule has 210 valence electrons. The van der Waals surface area contributed by atoms with Crippen LogP contribution < -0.4 is 5.32 Å². The molecular weight excluding hydrogens is 475 g/mol. The van der Waals surface area contributed by atoms with Gasteiger partial charge in [-0.05, 0) is 97.1 Å². The number of nitrogens with one attached hydrogen (secondary N) is 1. The molecule has 1 N–H and O–H groups in total. The van der Waals surface area contributed by atoms with Crippen molar-refractivity contribution in [3.63, 3.8) is 0 Å². The molecule has 0 radical (unpaired) electrons. The van der Waals surface area contributed by atoms with Gasteiger partial charge in [0.1, 0.15) is 5.82 Å². The minimum Gasteiger partial charge on any atom is -0.352 e. The number of aryl methyl sites for hydroxylation is 2. The molecule has 2 aromatic rings. The maximum absolute atomic E-state index is 13.6. The van der Waals surface area contributed by atoms with E-state index in [4.69, 9.17) is 0 Å². The first-order valence-electron chi connectivity index (χ1n) is 14.5. The first kappa shape index (κ1) is 31.5. The standard InChI is InChI=1S/C20H30N2O2.C13H19F/c1-15(2)4-5-17-6-7-20(19(12-17)13-21-16(3)24)18-8-10-22(14-23)11-9-18;1-4-6-11(5-2)12-8-7-10(3)9-13(12)14/h6-7,12,14-15,18H,4-5,8-11,13H2,1-3H3,(H,21,24);7-9,11H,4-6H2,1-3H3. The minimum absolute atomic E-state index is 0.00399. The van der Waals surface area contributed by atoms with E-state index in [2.05, 4.69) is 51.2 Å². The number of carbonyl (C=O) groups is 2. The second kappa shape index (κ2) is 16.3. The molecule has 1 aliphatic heterocycles. The van der Waals surface area contributed by atoms with Crippen LogP contribution in [0, 0.1) is 18.7 Å². The Kier molecular flexibility index (Phi) is 13.5.